The molecule has 0 spiro atoms. The Kier molecular flexibility index (Phi) is 6.51. The van der Waals surface area contributed by atoms with E-state index in [2.05, 4.69) is 0 Å². The molecule has 0 aliphatic carbocycles. The molecule has 0 aromatic heterocycles. The molecule has 6 nitrogen and oxygen atoms in total. The minimum absolute atomic E-state index is 0.0317. The minimum Gasteiger partial charge on any atom is -0.347 e. The van der Waals surface area contributed by atoms with E-state index in [1.54, 1.807) is 24.3 Å². The smallest absolute Gasteiger partial charge is 0.264 e. The lowest BCUT2D eigenvalue weighted by molar-refractivity contribution is 0.481. The number of benzene rings is 1. The van der Waals surface area contributed by atoms with Crippen molar-refractivity contribution in [3.8, 4) is 12.1 Å². The number of anilines is 1. The maximum Gasteiger partial charge on any atom is 0.264 e. The monoisotopic (exact) mass is 367 g/mol. The van der Waals surface area contributed by atoms with E-state index >= 15 is 0 Å². The minimum atomic E-state index is -3.96. The topological polar surface area (TPSA) is 105 Å². The zero-order valence-corrected chi connectivity index (χ0v) is 14.7. The molecule has 1 aliphatic heterocycles. The van der Waals surface area contributed by atoms with E-state index in [1.165, 1.54) is 6.08 Å². The van der Waals surface area contributed by atoms with Gasteiger partial charge in [-0.3, -0.25) is 4.55 Å². The Labute approximate surface area is 153 Å². The highest BCUT2D eigenvalue weighted by Crippen LogP contribution is 2.32. The van der Waals surface area contributed by atoms with Crippen molar-refractivity contribution in [3.63, 3.8) is 0 Å². The lowest BCUT2D eigenvalue weighted by Crippen LogP contribution is -2.23. The van der Waals surface area contributed by atoms with E-state index in [0.717, 1.165) is 16.8 Å². The number of rotatable bonds is 6. The molecule has 1 heterocycles. The maximum atomic E-state index is 10.9. The number of hydrogen-bond acceptors (Lipinski definition) is 5. The predicted octanol–water partition coefficient (Wildman–Crippen LogP) is 3.21. The van der Waals surface area contributed by atoms with Gasteiger partial charge in [0.1, 0.15) is 17.7 Å². The van der Waals surface area contributed by atoms with Crippen LogP contribution in [-0.2, 0) is 10.1 Å². The standard InChI is InChI=1S/C19H17N3O3S/c20-14-16(15-21)6-1-2-7-17-10-12-22(11-5-13-26(23,24)25)19-9-4-3-8-18(17)19/h1-4,6-10,12H,5,11,13H2,(H,23,24,25)/b2-1+,17-7+. The molecule has 0 saturated carbocycles. The molecule has 0 atom stereocenters. The summed E-state index contributed by atoms with van der Waals surface area (Å²) in [6, 6.07) is 11.3. The van der Waals surface area contributed by atoms with Gasteiger partial charge in [0.15, 0.2) is 0 Å². The summed E-state index contributed by atoms with van der Waals surface area (Å²) in [7, 11) is -3.96. The molecule has 1 N–H and O–H groups in total. The fourth-order valence-electron chi connectivity index (χ4n) is 2.48. The molecule has 0 fully saturated rings. The van der Waals surface area contributed by atoms with Gasteiger partial charge >= 0.3 is 0 Å². The predicted molar refractivity (Wildman–Crippen MR) is 100 cm³/mol. The highest BCUT2D eigenvalue weighted by Gasteiger charge is 2.15. The van der Waals surface area contributed by atoms with Gasteiger partial charge in [0.2, 0.25) is 0 Å². The van der Waals surface area contributed by atoms with Crippen molar-refractivity contribution in [1.82, 2.24) is 0 Å². The number of hydrogen-bond donors (Lipinski definition) is 1. The fraction of sp³-hybridized carbons (Fsp3) is 0.158. The van der Waals surface area contributed by atoms with Crippen LogP contribution in [0.2, 0.25) is 0 Å². The molecule has 0 saturated heterocycles. The van der Waals surface area contributed by atoms with Gasteiger partial charge in [0.05, 0.1) is 5.75 Å². The van der Waals surface area contributed by atoms with Gasteiger partial charge in [-0.1, -0.05) is 36.4 Å². The molecule has 7 heteroatoms. The molecule has 26 heavy (non-hydrogen) atoms. The molecular weight excluding hydrogens is 350 g/mol. The van der Waals surface area contributed by atoms with Crippen LogP contribution in [0, 0.1) is 22.7 Å². The second-order valence-electron chi connectivity index (χ2n) is 5.48. The van der Waals surface area contributed by atoms with Crippen molar-refractivity contribution in [2.24, 2.45) is 0 Å². The number of fused-ring (bicyclic) bond motifs is 1. The molecular formula is C19H17N3O3S. The summed E-state index contributed by atoms with van der Waals surface area (Å²) in [5.41, 5.74) is 2.91. The van der Waals surface area contributed by atoms with Gasteiger partial charge in [-0.25, -0.2) is 0 Å². The molecule has 132 valence electrons. The summed E-state index contributed by atoms with van der Waals surface area (Å²) in [6.45, 7) is 0.465. The molecule has 0 radical (unpaired) electrons. The summed E-state index contributed by atoms with van der Waals surface area (Å²) in [5.74, 6) is -0.280. The Bertz CT molecular complexity index is 958. The van der Waals surface area contributed by atoms with Crippen LogP contribution < -0.4 is 4.90 Å². The second kappa shape index (κ2) is 8.82. The highest BCUT2D eigenvalue weighted by atomic mass is 32.2. The van der Waals surface area contributed by atoms with E-state index in [0.29, 0.717) is 13.0 Å². The van der Waals surface area contributed by atoms with Gasteiger partial charge in [0, 0.05) is 24.0 Å². The average Bonchev–Trinajstić information content (AvgIpc) is 2.62. The van der Waals surface area contributed by atoms with Crippen LogP contribution in [0.25, 0.3) is 5.57 Å². The molecule has 0 unspecified atom stereocenters. The van der Waals surface area contributed by atoms with Crippen molar-refractivity contribution in [1.29, 1.82) is 10.5 Å². The van der Waals surface area contributed by atoms with E-state index in [4.69, 9.17) is 15.1 Å². The van der Waals surface area contributed by atoms with Crippen LogP contribution in [0.5, 0.6) is 0 Å². The quantitative estimate of drug-likeness (QED) is 0.470. The second-order valence-corrected chi connectivity index (χ2v) is 7.05. The van der Waals surface area contributed by atoms with Gasteiger partial charge in [0.25, 0.3) is 10.1 Å². The van der Waals surface area contributed by atoms with Crippen LogP contribution in [0.4, 0.5) is 5.69 Å². The fourth-order valence-corrected chi connectivity index (χ4v) is 2.97. The van der Waals surface area contributed by atoms with Crippen molar-refractivity contribution in [2.75, 3.05) is 17.2 Å². The van der Waals surface area contributed by atoms with Crippen molar-refractivity contribution in [3.05, 3.63) is 72.0 Å². The van der Waals surface area contributed by atoms with Gasteiger partial charge in [-0.05, 0) is 30.2 Å². The Morgan fingerprint density at radius 3 is 2.62 bits per heavy atom. The van der Waals surface area contributed by atoms with Gasteiger partial charge in [-0.2, -0.15) is 18.9 Å². The third-order valence-corrected chi connectivity index (χ3v) is 4.46. The SMILES string of the molecule is N#CC(C#N)=C/C=C/C=C1\C=CN(CCCS(=O)(=O)O)c2ccccc21. The number of para-hydroxylation sites is 1. The number of allylic oxidation sites excluding steroid dienone is 7. The molecule has 1 aromatic rings. The zero-order chi connectivity index (χ0) is 19.0. The summed E-state index contributed by atoms with van der Waals surface area (Å²) < 4.78 is 30.6. The first-order chi connectivity index (χ1) is 12.4. The van der Waals surface area contributed by atoms with Crippen LogP contribution in [0.3, 0.4) is 0 Å². The Morgan fingerprint density at radius 1 is 1.19 bits per heavy atom. The number of nitriles is 2. The van der Waals surface area contributed by atoms with Crippen molar-refractivity contribution in [2.45, 2.75) is 6.42 Å². The average molecular weight is 367 g/mol. The summed E-state index contributed by atoms with van der Waals surface area (Å²) in [6.07, 6.45) is 10.8. The van der Waals surface area contributed by atoms with Crippen molar-refractivity contribution < 1.29 is 13.0 Å². The van der Waals surface area contributed by atoms with Gasteiger partial charge < -0.3 is 4.90 Å². The zero-order valence-electron chi connectivity index (χ0n) is 13.9. The van der Waals surface area contributed by atoms with Gasteiger partial charge in [-0.15, -0.1) is 0 Å². The normalized spacial score (nSPS) is 14.7. The molecule has 0 bridgehead atoms. The lowest BCUT2D eigenvalue weighted by Gasteiger charge is -2.27. The third-order valence-electron chi connectivity index (χ3n) is 3.65. The third kappa shape index (κ3) is 5.45. The Balaban J connectivity index is 2.18. The molecule has 1 aromatic carbocycles. The highest BCUT2D eigenvalue weighted by molar-refractivity contribution is 7.85. The number of nitrogens with zero attached hydrogens (tertiary/aromatic N) is 3. The van der Waals surface area contributed by atoms with E-state index in [1.807, 2.05) is 47.5 Å². The van der Waals surface area contributed by atoms with Crippen LogP contribution >= 0.6 is 0 Å². The molecule has 1 aliphatic rings. The summed E-state index contributed by atoms with van der Waals surface area (Å²) in [5, 5.41) is 17.4. The van der Waals surface area contributed by atoms with E-state index in [-0.39, 0.29) is 11.3 Å². The van der Waals surface area contributed by atoms with E-state index in [9.17, 15) is 8.42 Å². The summed E-state index contributed by atoms with van der Waals surface area (Å²) >= 11 is 0. The van der Waals surface area contributed by atoms with Crippen LogP contribution in [0.1, 0.15) is 12.0 Å². The Hall–Kier alpha value is -3.13. The molecule has 2 rings (SSSR count). The first kappa shape index (κ1) is 19.2. The van der Waals surface area contributed by atoms with Crippen LogP contribution in [0.15, 0.2) is 66.4 Å². The maximum absolute atomic E-state index is 10.9. The van der Waals surface area contributed by atoms with E-state index < -0.39 is 10.1 Å². The largest absolute Gasteiger partial charge is 0.347 e. The first-order valence-electron chi connectivity index (χ1n) is 7.83. The molecule has 0 amide bonds. The Morgan fingerprint density at radius 2 is 1.92 bits per heavy atom. The summed E-state index contributed by atoms with van der Waals surface area (Å²) in [4.78, 5) is 1.94. The lowest BCUT2D eigenvalue weighted by atomic mass is 9.99. The first-order valence-corrected chi connectivity index (χ1v) is 9.44. The van der Waals surface area contributed by atoms with Crippen molar-refractivity contribution >= 4 is 21.4 Å². The van der Waals surface area contributed by atoms with Crippen LogP contribution in [-0.4, -0.2) is 25.3 Å².